The summed E-state index contributed by atoms with van der Waals surface area (Å²) in [6.07, 6.45) is 1.02. The molecule has 70 valence electrons. The minimum atomic E-state index is -0.0415. The molecule has 0 saturated heterocycles. The van der Waals surface area contributed by atoms with Gasteiger partial charge in [-0.15, -0.1) is 0 Å². The van der Waals surface area contributed by atoms with Crippen LogP contribution in [0.1, 0.15) is 17.9 Å². The van der Waals surface area contributed by atoms with Crippen molar-refractivity contribution in [1.29, 1.82) is 0 Å². The van der Waals surface area contributed by atoms with Crippen molar-refractivity contribution in [2.75, 3.05) is 6.54 Å². The summed E-state index contributed by atoms with van der Waals surface area (Å²) in [5, 5.41) is 18.8. The predicted octanol–water partition coefficient (Wildman–Crippen LogP) is 1.16. The quantitative estimate of drug-likeness (QED) is 0.597. The Morgan fingerprint density at radius 3 is 2.77 bits per heavy atom. The van der Waals surface area contributed by atoms with Crippen LogP contribution in [0, 0.1) is 5.92 Å². The molecule has 1 aromatic carbocycles. The fourth-order valence-corrected chi connectivity index (χ4v) is 1.74. The van der Waals surface area contributed by atoms with Gasteiger partial charge in [-0.1, -0.05) is 12.1 Å². The van der Waals surface area contributed by atoms with E-state index in [2.05, 4.69) is 0 Å². The van der Waals surface area contributed by atoms with Crippen LogP contribution in [0.3, 0.4) is 0 Å². The lowest BCUT2D eigenvalue weighted by Crippen LogP contribution is -2.01. The van der Waals surface area contributed by atoms with E-state index in [0.29, 0.717) is 18.4 Å². The van der Waals surface area contributed by atoms with Crippen molar-refractivity contribution in [3.63, 3.8) is 0 Å². The van der Waals surface area contributed by atoms with Crippen LogP contribution in [0.25, 0.3) is 0 Å². The first-order valence-electron chi connectivity index (χ1n) is 4.45. The summed E-state index contributed by atoms with van der Waals surface area (Å²) in [4.78, 5) is 0. The van der Waals surface area contributed by atoms with Crippen molar-refractivity contribution in [2.45, 2.75) is 12.3 Å². The molecule has 13 heavy (non-hydrogen) atoms. The third kappa shape index (κ3) is 1.35. The van der Waals surface area contributed by atoms with Crippen molar-refractivity contribution in [1.82, 2.24) is 0 Å². The lowest BCUT2D eigenvalue weighted by Gasteiger charge is -2.04. The number of hydrogen-bond donors (Lipinski definition) is 3. The van der Waals surface area contributed by atoms with Crippen LogP contribution in [-0.4, -0.2) is 16.8 Å². The number of benzene rings is 1. The smallest absolute Gasteiger partial charge is 0.160 e. The van der Waals surface area contributed by atoms with Crippen molar-refractivity contribution < 1.29 is 10.2 Å². The van der Waals surface area contributed by atoms with Crippen LogP contribution < -0.4 is 5.73 Å². The highest BCUT2D eigenvalue weighted by molar-refractivity contribution is 5.48. The van der Waals surface area contributed by atoms with E-state index in [1.807, 2.05) is 6.07 Å². The Hall–Kier alpha value is -1.22. The standard InChI is InChI=1S/C10H13NO2/c11-5-6-4-8(6)7-2-1-3-9(12)10(7)13/h1-3,6,8,12-13H,4-5,11H2. The molecular weight excluding hydrogens is 166 g/mol. The SMILES string of the molecule is NCC1CC1c1cccc(O)c1O. The third-order valence-electron chi connectivity index (χ3n) is 2.67. The fraction of sp³-hybridized carbons (Fsp3) is 0.400. The average molecular weight is 179 g/mol. The molecule has 1 saturated carbocycles. The topological polar surface area (TPSA) is 66.5 Å². The molecule has 0 heterocycles. The number of hydrogen-bond acceptors (Lipinski definition) is 3. The minimum Gasteiger partial charge on any atom is -0.504 e. The summed E-state index contributed by atoms with van der Waals surface area (Å²) in [5.41, 5.74) is 6.33. The highest BCUT2D eigenvalue weighted by Crippen LogP contribution is 2.51. The van der Waals surface area contributed by atoms with Gasteiger partial charge in [0.1, 0.15) is 0 Å². The van der Waals surface area contributed by atoms with Gasteiger partial charge >= 0.3 is 0 Å². The molecule has 3 heteroatoms. The number of phenols is 2. The van der Waals surface area contributed by atoms with Gasteiger partial charge in [0.25, 0.3) is 0 Å². The molecule has 4 N–H and O–H groups in total. The minimum absolute atomic E-state index is 0.0171. The molecule has 0 aliphatic heterocycles. The molecule has 1 aromatic rings. The summed E-state index contributed by atoms with van der Waals surface area (Å²) < 4.78 is 0. The van der Waals surface area contributed by atoms with Crippen LogP contribution in [-0.2, 0) is 0 Å². The number of rotatable bonds is 2. The van der Waals surface area contributed by atoms with Crippen LogP contribution >= 0.6 is 0 Å². The molecule has 0 spiro atoms. The first-order valence-corrected chi connectivity index (χ1v) is 4.45. The van der Waals surface area contributed by atoms with E-state index in [4.69, 9.17) is 5.73 Å². The second-order valence-corrected chi connectivity index (χ2v) is 3.55. The predicted molar refractivity (Wildman–Crippen MR) is 49.7 cm³/mol. The number of nitrogens with two attached hydrogens (primary N) is 1. The van der Waals surface area contributed by atoms with Crippen LogP contribution in [0.5, 0.6) is 11.5 Å². The Kier molecular flexibility index (Phi) is 1.88. The van der Waals surface area contributed by atoms with Gasteiger partial charge in [0, 0.05) is 5.56 Å². The van der Waals surface area contributed by atoms with Gasteiger partial charge in [-0.25, -0.2) is 0 Å². The zero-order chi connectivity index (χ0) is 9.42. The zero-order valence-corrected chi connectivity index (χ0v) is 7.27. The molecule has 0 aromatic heterocycles. The summed E-state index contributed by atoms with van der Waals surface area (Å²) in [6.45, 7) is 0.653. The van der Waals surface area contributed by atoms with Crippen LogP contribution in [0.4, 0.5) is 0 Å². The average Bonchev–Trinajstić information content (AvgIpc) is 2.89. The second-order valence-electron chi connectivity index (χ2n) is 3.55. The Labute approximate surface area is 76.8 Å². The first-order chi connectivity index (χ1) is 6.24. The summed E-state index contributed by atoms with van der Waals surface area (Å²) in [6, 6.07) is 5.07. The largest absolute Gasteiger partial charge is 0.504 e. The molecule has 3 nitrogen and oxygen atoms in total. The van der Waals surface area contributed by atoms with E-state index in [9.17, 15) is 10.2 Å². The molecular formula is C10H13NO2. The third-order valence-corrected chi connectivity index (χ3v) is 2.67. The van der Waals surface area contributed by atoms with Crippen molar-refractivity contribution in [2.24, 2.45) is 11.7 Å². The Bertz CT molecular complexity index is 325. The van der Waals surface area contributed by atoms with Gasteiger partial charge in [-0.05, 0) is 30.9 Å². The second kappa shape index (κ2) is 2.92. The van der Waals surface area contributed by atoms with E-state index < -0.39 is 0 Å². The molecule has 0 radical (unpaired) electrons. The summed E-state index contributed by atoms with van der Waals surface area (Å²) in [7, 11) is 0. The molecule has 0 bridgehead atoms. The van der Waals surface area contributed by atoms with E-state index in [1.54, 1.807) is 6.07 Å². The molecule has 1 aliphatic carbocycles. The van der Waals surface area contributed by atoms with E-state index in [0.717, 1.165) is 12.0 Å². The number of phenolic OH excluding ortho intramolecular Hbond substituents is 2. The van der Waals surface area contributed by atoms with Gasteiger partial charge < -0.3 is 15.9 Å². The van der Waals surface area contributed by atoms with E-state index >= 15 is 0 Å². The van der Waals surface area contributed by atoms with Crippen LogP contribution in [0.15, 0.2) is 18.2 Å². The van der Waals surface area contributed by atoms with Crippen molar-refractivity contribution in [3.05, 3.63) is 23.8 Å². The number of aromatic hydroxyl groups is 2. The number of para-hydroxylation sites is 1. The van der Waals surface area contributed by atoms with Crippen molar-refractivity contribution in [3.8, 4) is 11.5 Å². The Morgan fingerprint density at radius 2 is 2.15 bits per heavy atom. The lowest BCUT2D eigenvalue weighted by atomic mass is 10.1. The highest BCUT2D eigenvalue weighted by Gasteiger charge is 2.38. The van der Waals surface area contributed by atoms with E-state index in [-0.39, 0.29) is 11.5 Å². The normalized spacial score (nSPS) is 25.9. The zero-order valence-electron chi connectivity index (χ0n) is 7.27. The molecule has 1 fully saturated rings. The van der Waals surface area contributed by atoms with Gasteiger partial charge in [-0.2, -0.15) is 0 Å². The van der Waals surface area contributed by atoms with Gasteiger partial charge in [0.2, 0.25) is 0 Å². The Balaban J connectivity index is 2.27. The lowest BCUT2D eigenvalue weighted by molar-refractivity contribution is 0.399. The summed E-state index contributed by atoms with van der Waals surface area (Å²) >= 11 is 0. The summed E-state index contributed by atoms with van der Waals surface area (Å²) in [5.74, 6) is 0.799. The van der Waals surface area contributed by atoms with Crippen molar-refractivity contribution >= 4 is 0 Å². The first kappa shape index (κ1) is 8.38. The van der Waals surface area contributed by atoms with E-state index in [1.165, 1.54) is 6.07 Å². The van der Waals surface area contributed by atoms with Gasteiger partial charge in [0.15, 0.2) is 11.5 Å². The molecule has 1 aliphatic rings. The molecule has 2 atom stereocenters. The fourth-order valence-electron chi connectivity index (χ4n) is 1.74. The molecule has 0 amide bonds. The van der Waals surface area contributed by atoms with Gasteiger partial charge in [0.05, 0.1) is 0 Å². The molecule has 2 rings (SSSR count). The Morgan fingerprint density at radius 1 is 1.38 bits per heavy atom. The maximum Gasteiger partial charge on any atom is 0.160 e. The monoisotopic (exact) mass is 179 g/mol. The maximum absolute atomic E-state index is 9.53. The molecule has 2 unspecified atom stereocenters. The van der Waals surface area contributed by atoms with Gasteiger partial charge in [-0.3, -0.25) is 0 Å². The highest BCUT2D eigenvalue weighted by atomic mass is 16.3. The maximum atomic E-state index is 9.53. The van der Waals surface area contributed by atoms with Crippen LogP contribution in [0.2, 0.25) is 0 Å².